The Morgan fingerprint density at radius 3 is 2.63 bits per heavy atom. The Hall–Kier alpha value is -1.16. The minimum absolute atomic E-state index is 0.382. The highest BCUT2D eigenvalue weighted by Gasteiger charge is 2.28. The maximum atomic E-state index is 5.83. The molecule has 1 aromatic rings. The van der Waals surface area contributed by atoms with Crippen LogP contribution < -0.4 is 11.1 Å². The van der Waals surface area contributed by atoms with Gasteiger partial charge in [0, 0.05) is 12.2 Å². The zero-order valence-corrected chi connectivity index (χ0v) is 12.9. The van der Waals surface area contributed by atoms with Crippen molar-refractivity contribution in [3.8, 4) is 0 Å². The highest BCUT2D eigenvalue weighted by atomic mass is 32.1. The van der Waals surface area contributed by atoms with Crippen LogP contribution in [0.2, 0.25) is 0 Å². The molecule has 0 bridgehead atoms. The Bertz CT molecular complexity index is 490. The van der Waals surface area contributed by atoms with E-state index in [4.69, 9.17) is 18.0 Å². The molecule has 0 radical (unpaired) electrons. The third-order valence-corrected chi connectivity index (χ3v) is 4.29. The predicted octanol–water partition coefficient (Wildman–Crippen LogP) is 3.32. The summed E-state index contributed by atoms with van der Waals surface area (Å²) >= 11 is 5.15. The zero-order chi connectivity index (χ0) is 14.0. The van der Waals surface area contributed by atoms with Crippen molar-refractivity contribution in [2.45, 2.75) is 46.5 Å². The normalized spacial score (nSPS) is 17.4. The first kappa shape index (κ1) is 14.3. The second-order valence-corrected chi connectivity index (χ2v) is 6.48. The zero-order valence-electron chi connectivity index (χ0n) is 12.0. The average Bonchev–Trinajstić information content (AvgIpc) is 2.72. The molecule has 19 heavy (non-hydrogen) atoms. The smallest absolute Gasteiger partial charge is 0.136 e. The number of nitrogens with one attached hydrogen (secondary N) is 1. The van der Waals surface area contributed by atoms with E-state index >= 15 is 0 Å². The quantitative estimate of drug-likeness (QED) is 0.829. The summed E-state index contributed by atoms with van der Waals surface area (Å²) in [6, 6.07) is 2.02. The Morgan fingerprint density at radius 1 is 1.42 bits per heavy atom. The van der Waals surface area contributed by atoms with Gasteiger partial charge in [0.05, 0.1) is 5.56 Å². The maximum absolute atomic E-state index is 5.83. The lowest BCUT2D eigenvalue weighted by atomic mass is 9.89. The third-order valence-electron chi connectivity index (χ3n) is 4.08. The van der Waals surface area contributed by atoms with E-state index in [0.717, 1.165) is 29.2 Å². The molecule has 0 aliphatic heterocycles. The summed E-state index contributed by atoms with van der Waals surface area (Å²) in [7, 11) is 0. The van der Waals surface area contributed by atoms with Gasteiger partial charge in [0.2, 0.25) is 0 Å². The van der Waals surface area contributed by atoms with Gasteiger partial charge in [0.1, 0.15) is 10.8 Å². The molecular weight excluding hydrogens is 254 g/mol. The molecule has 1 aliphatic rings. The van der Waals surface area contributed by atoms with Crippen molar-refractivity contribution >= 4 is 23.0 Å². The lowest BCUT2D eigenvalue weighted by Gasteiger charge is -2.25. The second kappa shape index (κ2) is 5.45. The van der Waals surface area contributed by atoms with E-state index in [9.17, 15) is 0 Å². The summed E-state index contributed by atoms with van der Waals surface area (Å²) in [6.07, 6.45) is 5.24. The monoisotopic (exact) mass is 277 g/mol. The van der Waals surface area contributed by atoms with Crippen molar-refractivity contribution in [1.82, 2.24) is 4.98 Å². The standard InChI is InChI=1S/C15H23N3S/c1-10-8-11(2)18-14(12(10)13(16)19)17-9-15(3)6-4-5-7-15/h8H,4-7,9H2,1-3H3,(H2,16,19)(H,17,18). The first-order valence-corrected chi connectivity index (χ1v) is 7.34. The van der Waals surface area contributed by atoms with Crippen molar-refractivity contribution in [3.63, 3.8) is 0 Å². The minimum atomic E-state index is 0.382. The molecule has 0 aromatic carbocycles. The molecule has 1 heterocycles. The van der Waals surface area contributed by atoms with Crippen LogP contribution in [-0.2, 0) is 0 Å². The fourth-order valence-corrected chi connectivity index (χ4v) is 3.24. The Kier molecular flexibility index (Phi) is 4.09. The Labute approximate surface area is 121 Å². The number of aromatic nitrogens is 1. The van der Waals surface area contributed by atoms with Gasteiger partial charge in [-0.1, -0.05) is 32.0 Å². The number of rotatable bonds is 4. The number of anilines is 1. The molecule has 0 amide bonds. The molecule has 3 nitrogen and oxygen atoms in total. The summed E-state index contributed by atoms with van der Waals surface area (Å²) < 4.78 is 0. The van der Waals surface area contributed by atoms with E-state index in [1.807, 2.05) is 19.9 Å². The summed E-state index contributed by atoms with van der Waals surface area (Å²) in [5, 5.41) is 3.48. The van der Waals surface area contributed by atoms with Gasteiger partial charge in [-0.25, -0.2) is 4.98 Å². The van der Waals surface area contributed by atoms with Crippen LogP contribution in [0.15, 0.2) is 6.07 Å². The number of hydrogen-bond donors (Lipinski definition) is 2. The summed E-state index contributed by atoms with van der Waals surface area (Å²) in [4.78, 5) is 4.99. The highest BCUT2D eigenvalue weighted by Crippen LogP contribution is 2.37. The third kappa shape index (κ3) is 3.24. The highest BCUT2D eigenvalue weighted by molar-refractivity contribution is 7.80. The molecular formula is C15H23N3S. The Balaban J connectivity index is 2.21. The molecule has 1 aliphatic carbocycles. The van der Waals surface area contributed by atoms with Crippen LogP contribution in [0.1, 0.15) is 49.4 Å². The van der Waals surface area contributed by atoms with Gasteiger partial charge in [-0.3, -0.25) is 0 Å². The number of nitrogens with zero attached hydrogens (tertiary/aromatic N) is 1. The lowest BCUT2D eigenvalue weighted by Crippen LogP contribution is -2.25. The average molecular weight is 277 g/mol. The van der Waals surface area contributed by atoms with E-state index in [1.54, 1.807) is 0 Å². The van der Waals surface area contributed by atoms with E-state index in [0.29, 0.717) is 10.4 Å². The van der Waals surface area contributed by atoms with Gasteiger partial charge in [-0.2, -0.15) is 0 Å². The fourth-order valence-electron chi connectivity index (χ4n) is 2.98. The number of aryl methyl sites for hydroxylation is 2. The van der Waals surface area contributed by atoms with E-state index < -0.39 is 0 Å². The number of nitrogens with two attached hydrogens (primary N) is 1. The van der Waals surface area contributed by atoms with Crippen molar-refractivity contribution < 1.29 is 0 Å². The fraction of sp³-hybridized carbons (Fsp3) is 0.600. The summed E-state index contributed by atoms with van der Waals surface area (Å²) in [5.74, 6) is 0.845. The van der Waals surface area contributed by atoms with Crippen LogP contribution in [0, 0.1) is 19.3 Å². The van der Waals surface area contributed by atoms with Crippen molar-refractivity contribution in [2.24, 2.45) is 11.1 Å². The second-order valence-electron chi connectivity index (χ2n) is 6.04. The van der Waals surface area contributed by atoms with Gasteiger partial charge in [0.25, 0.3) is 0 Å². The summed E-state index contributed by atoms with van der Waals surface area (Å²) in [5.41, 5.74) is 9.20. The van der Waals surface area contributed by atoms with Crippen molar-refractivity contribution in [3.05, 3.63) is 22.9 Å². The van der Waals surface area contributed by atoms with Crippen LogP contribution >= 0.6 is 12.2 Å². The molecule has 0 spiro atoms. The molecule has 2 rings (SSSR count). The van der Waals surface area contributed by atoms with Crippen LogP contribution in [0.5, 0.6) is 0 Å². The largest absolute Gasteiger partial charge is 0.389 e. The lowest BCUT2D eigenvalue weighted by molar-refractivity contribution is 0.361. The predicted molar refractivity (Wildman–Crippen MR) is 84.7 cm³/mol. The van der Waals surface area contributed by atoms with Gasteiger partial charge in [-0.15, -0.1) is 0 Å². The molecule has 3 N–H and O–H groups in total. The van der Waals surface area contributed by atoms with Crippen LogP contribution in [0.3, 0.4) is 0 Å². The summed E-state index contributed by atoms with van der Waals surface area (Å²) in [6.45, 7) is 7.32. The van der Waals surface area contributed by atoms with Gasteiger partial charge >= 0.3 is 0 Å². The Morgan fingerprint density at radius 2 is 2.05 bits per heavy atom. The SMILES string of the molecule is Cc1cc(C)c(C(N)=S)c(NCC2(C)CCCC2)n1. The molecule has 104 valence electrons. The van der Waals surface area contributed by atoms with E-state index in [2.05, 4.69) is 17.2 Å². The van der Waals surface area contributed by atoms with E-state index in [1.165, 1.54) is 25.7 Å². The first-order chi connectivity index (χ1) is 8.91. The van der Waals surface area contributed by atoms with Crippen molar-refractivity contribution in [2.75, 3.05) is 11.9 Å². The molecule has 0 atom stereocenters. The van der Waals surface area contributed by atoms with Gasteiger partial charge < -0.3 is 11.1 Å². The molecule has 0 unspecified atom stereocenters. The molecule has 0 saturated heterocycles. The first-order valence-electron chi connectivity index (χ1n) is 6.93. The number of thiocarbonyl (C=S) groups is 1. The molecule has 1 saturated carbocycles. The van der Waals surface area contributed by atoms with Gasteiger partial charge in [0.15, 0.2) is 0 Å². The number of hydrogen-bond acceptors (Lipinski definition) is 3. The van der Waals surface area contributed by atoms with Gasteiger partial charge in [-0.05, 0) is 43.7 Å². The molecule has 1 fully saturated rings. The van der Waals surface area contributed by atoms with E-state index in [-0.39, 0.29) is 0 Å². The maximum Gasteiger partial charge on any atom is 0.136 e. The van der Waals surface area contributed by atoms with Crippen LogP contribution in [0.4, 0.5) is 5.82 Å². The van der Waals surface area contributed by atoms with Crippen molar-refractivity contribution in [1.29, 1.82) is 0 Å². The topological polar surface area (TPSA) is 50.9 Å². The van der Waals surface area contributed by atoms with Crippen LogP contribution in [0.25, 0.3) is 0 Å². The molecule has 4 heteroatoms. The minimum Gasteiger partial charge on any atom is -0.389 e. The molecule has 1 aromatic heterocycles. The van der Waals surface area contributed by atoms with Crippen LogP contribution in [-0.4, -0.2) is 16.5 Å². The number of pyridine rings is 1.